The van der Waals surface area contributed by atoms with Crippen LogP contribution in [0.3, 0.4) is 0 Å². The van der Waals surface area contributed by atoms with Gasteiger partial charge in [0.2, 0.25) is 0 Å². The maximum atomic E-state index is 11.4. The fraction of sp³-hybridized carbons (Fsp3) is 0.625. The second-order valence-electron chi connectivity index (χ2n) is 3.52. The van der Waals surface area contributed by atoms with Crippen LogP contribution in [0.1, 0.15) is 12.6 Å². The molecule has 8 nitrogen and oxygen atoms in total. The molecule has 88 valence electrons. The first-order valence-corrected chi connectivity index (χ1v) is 4.77. The van der Waals surface area contributed by atoms with Crippen molar-refractivity contribution in [2.24, 2.45) is 0 Å². The van der Waals surface area contributed by atoms with Crippen molar-refractivity contribution in [3.63, 3.8) is 0 Å². The fourth-order valence-corrected chi connectivity index (χ4v) is 1.59. The minimum atomic E-state index is -0.818. The van der Waals surface area contributed by atoms with E-state index in [9.17, 15) is 9.90 Å². The number of hydrogen-bond donors (Lipinski definition) is 3. The van der Waals surface area contributed by atoms with Crippen LogP contribution in [-0.4, -0.2) is 43.8 Å². The molecule has 0 bridgehead atoms. The van der Waals surface area contributed by atoms with E-state index in [4.69, 9.17) is 15.6 Å². The normalized spacial score (nSPS) is 29.5. The molecule has 1 aliphatic heterocycles. The van der Waals surface area contributed by atoms with E-state index in [1.807, 2.05) is 0 Å². The number of aliphatic hydroxyl groups excluding tert-OH is 2. The number of hydrogen-bond acceptors (Lipinski definition) is 7. The molecule has 0 saturated carbocycles. The molecule has 0 spiro atoms. The van der Waals surface area contributed by atoms with Gasteiger partial charge in [-0.3, -0.25) is 0 Å². The zero-order chi connectivity index (χ0) is 11.7. The number of nitrogens with zero attached hydrogens (tertiary/aromatic N) is 3. The molecule has 3 unspecified atom stereocenters. The Labute approximate surface area is 90.3 Å². The van der Waals surface area contributed by atoms with E-state index in [0.717, 1.165) is 4.68 Å². The summed E-state index contributed by atoms with van der Waals surface area (Å²) in [5.74, 6) is 0.0264. The summed E-state index contributed by atoms with van der Waals surface area (Å²) in [5, 5.41) is 22.1. The van der Waals surface area contributed by atoms with Crippen LogP contribution in [0.5, 0.6) is 0 Å². The Bertz CT molecular complexity index is 434. The predicted molar refractivity (Wildman–Crippen MR) is 52.3 cm³/mol. The summed E-state index contributed by atoms with van der Waals surface area (Å²) in [6.45, 7) is -0.311. The smallest absolute Gasteiger partial charge is 0.368 e. The van der Waals surface area contributed by atoms with Gasteiger partial charge < -0.3 is 20.7 Å². The van der Waals surface area contributed by atoms with Crippen LogP contribution in [-0.2, 0) is 4.74 Å². The third-order valence-electron chi connectivity index (χ3n) is 2.39. The monoisotopic (exact) mass is 228 g/mol. The van der Waals surface area contributed by atoms with E-state index < -0.39 is 24.1 Å². The molecule has 1 aromatic heterocycles. The number of aliphatic hydroxyl groups is 2. The number of nitrogen functional groups attached to an aromatic ring is 1. The second-order valence-corrected chi connectivity index (χ2v) is 3.52. The van der Waals surface area contributed by atoms with E-state index in [1.165, 1.54) is 6.20 Å². The molecule has 1 saturated heterocycles. The number of ether oxygens (including phenoxy) is 1. The average Bonchev–Trinajstić information content (AvgIpc) is 2.59. The SMILES string of the molecule is Nc1cnn(C2CC(O)C(CO)O2)c(=O)n1. The molecule has 1 aliphatic rings. The van der Waals surface area contributed by atoms with Gasteiger partial charge in [0.25, 0.3) is 0 Å². The molecule has 16 heavy (non-hydrogen) atoms. The van der Waals surface area contributed by atoms with Gasteiger partial charge in [-0.05, 0) is 0 Å². The quantitative estimate of drug-likeness (QED) is 0.527. The van der Waals surface area contributed by atoms with Crippen LogP contribution in [0.2, 0.25) is 0 Å². The van der Waals surface area contributed by atoms with Crippen LogP contribution >= 0.6 is 0 Å². The van der Waals surface area contributed by atoms with E-state index in [2.05, 4.69) is 10.1 Å². The van der Waals surface area contributed by atoms with Crippen molar-refractivity contribution < 1.29 is 14.9 Å². The third-order valence-corrected chi connectivity index (χ3v) is 2.39. The Balaban J connectivity index is 2.23. The van der Waals surface area contributed by atoms with Gasteiger partial charge in [-0.2, -0.15) is 14.8 Å². The Morgan fingerprint density at radius 3 is 3.00 bits per heavy atom. The summed E-state index contributed by atoms with van der Waals surface area (Å²) in [4.78, 5) is 14.9. The van der Waals surface area contributed by atoms with Crippen LogP contribution < -0.4 is 11.4 Å². The summed E-state index contributed by atoms with van der Waals surface area (Å²) < 4.78 is 6.24. The maximum Gasteiger partial charge on any atom is 0.368 e. The molecule has 2 rings (SSSR count). The summed E-state index contributed by atoms with van der Waals surface area (Å²) in [7, 11) is 0. The second kappa shape index (κ2) is 4.16. The van der Waals surface area contributed by atoms with E-state index in [-0.39, 0.29) is 18.8 Å². The first-order valence-electron chi connectivity index (χ1n) is 4.77. The lowest BCUT2D eigenvalue weighted by atomic mass is 10.2. The van der Waals surface area contributed by atoms with Crippen LogP contribution in [0.15, 0.2) is 11.0 Å². The van der Waals surface area contributed by atoms with E-state index in [1.54, 1.807) is 0 Å². The van der Waals surface area contributed by atoms with Crippen molar-refractivity contribution in [1.29, 1.82) is 0 Å². The van der Waals surface area contributed by atoms with Gasteiger partial charge in [0, 0.05) is 6.42 Å². The Kier molecular flexibility index (Phi) is 2.86. The summed E-state index contributed by atoms with van der Waals surface area (Å²) >= 11 is 0. The number of rotatable bonds is 2. The van der Waals surface area contributed by atoms with Gasteiger partial charge in [-0.25, -0.2) is 4.79 Å². The minimum absolute atomic E-state index is 0.0264. The molecule has 1 fully saturated rings. The van der Waals surface area contributed by atoms with Gasteiger partial charge in [0.05, 0.1) is 18.9 Å². The highest BCUT2D eigenvalue weighted by Gasteiger charge is 2.35. The zero-order valence-corrected chi connectivity index (χ0v) is 8.35. The molecular formula is C8H12N4O4. The van der Waals surface area contributed by atoms with Crippen molar-refractivity contribution >= 4 is 5.82 Å². The molecule has 3 atom stereocenters. The van der Waals surface area contributed by atoms with Gasteiger partial charge >= 0.3 is 5.69 Å². The third kappa shape index (κ3) is 1.90. The van der Waals surface area contributed by atoms with Gasteiger partial charge in [-0.15, -0.1) is 0 Å². The lowest BCUT2D eigenvalue weighted by molar-refractivity contribution is -0.0505. The standard InChI is InChI=1S/C8H12N4O4/c9-6-2-10-12(8(15)11-6)7-1-4(14)5(3-13)16-7/h2,4-5,7,13-14H,1,3H2,(H2,9,11,15). The first-order chi connectivity index (χ1) is 7.61. The Morgan fingerprint density at radius 1 is 1.69 bits per heavy atom. The molecule has 4 N–H and O–H groups in total. The van der Waals surface area contributed by atoms with Crippen molar-refractivity contribution in [3.05, 3.63) is 16.7 Å². The minimum Gasteiger partial charge on any atom is -0.394 e. The fourth-order valence-electron chi connectivity index (χ4n) is 1.59. The maximum absolute atomic E-state index is 11.4. The number of nitrogens with two attached hydrogens (primary N) is 1. The van der Waals surface area contributed by atoms with Crippen LogP contribution in [0.25, 0.3) is 0 Å². The van der Waals surface area contributed by atoms with Gasteiger partial charge in [0.15, 0.2) is 6.23 Å². The van der Waals surface area contributed by atoms with Gasteiger partial charge in [-0.1, -0.05) is 0 Å². The summed E-state index contributed by atoms with van der Waals surface area (Å²) in [6.07, 6.45) is -0.821. The average molecular weight is 228 g/mol. The van der Waals surface area contributed by atoms with Crippen molar-refractivity contribution in [2.75, 3.05) is 12.3 Å². The van der Waals surface area contributed by atoms with Crippen molar-refractivity contribution in [2.45, 2.75) is 24.9 Å². The van der Waals surface area contributed by atoms with E-state index >= 15 is 0 Å². The Hall–Kier alpha value is -1.51. The highest BCUT2D eigenvalue weighted by Crippen LogP contribution is 2.26. The molecule has 8 heteroatoms. The largest absolute Gasteiger partial charge is 0.394 e. The molecule has 1 aromatic rings. The van der Waals surface area contributed by atoms with Crippen molar-refractivity contribution in [1.82, 2.24) is 14.8 Å². The predicted octanol–water partition coefficient (Wildman–Crippen LogP) is -2.14. The molecule has 2 heterocycles. The number of aromatic nitrogens is 3. The molecule has 0 radical (unpaired) electrons. The lowest BCUT2D eigenvalue weighted by Gasteiger charge is -2.12. The highest BCUT2D eigenvalue weighted by atomic mass is 16.5. The zero-order valence-electron chi connectivity index (χ0n) is 8.35. The molecule has 0 aliphatic carbocycles. The lowest BCUT2D eigenvalue weighted by Crippen LogP contribution is -2.30. The summed E-state index contributed by atoms with van der Waals surface area (Å²) in [6, 6.07) is 0. The topological polar surface area (TPSA) is 123 Å². The van der Waals surface area contributed by atoms with Crippen LogP contribution in [0, 0.1) is 0 Å². The van der Waals surface area contributed by atoms with Crippen LogP contribution in [0.4, 0.5) is 5.82 Å². The van der Waals surface area contributed by atoms with Gasteiger partial charge in [0.1, 0.15) is 11.9 Å². The highest BCUT2D eigenvalue weighted by molar-refractivity contribution is 5.19. The molecule has 0 amide bonds. The molecule has 0 aromatic carbocycles. The van der Waals surface area contributed by atoms with Crippen molar-refractivity contribution in [3.8, 4) is 0 Å². The van der Waals surface area contributed by atoms with E-state index in [0.29, 0.717) is 0 Å². The first kappa shape index (κ1) is 11.0. The summed E-state index contributed by atoms with van der Waals surface area (Å²) in [5.41, 5.74) is 4.65. The molecular weight excluding hydrogens is 216 g/mol. The Morgan fingerprint density at radius 2 is 2.44 bits per heavy atom. The number of anilines is 1.